The van der Waals surface area contributed by atoms with Gasteiger partial charge in [0.05, 0.1) is 6.10 Å². The quantitative estimate of drug-likeness (QED) is 0.576. The third-order valence-electron chi connectivity index (χ3n) is 9.17. The lowest BCUT2D eigenvalue weighted by molar-refractivity contribution is -0.135. The summed E-state index contributed by atoms with van der Waals surface area (Å²) in [7, 11) is 0. The fraction of sp³-hybridized carbons (Fsp3) is 0.783. The second-order valence-electron chi connectivity index (χ2n) is 10.0. The van der Waals surface area contributed by atoms with Crippen molar-refractivity contribution in [1.29, 1.82) is 0 Å². The minimum atomic E-state index is -0.184. The van der Waals surface area contributed by atoms with E-state index in [9.17, 15) is 15.0 Å². The maximum Gasteiger partial charge on any atom is 0.331 e. The van der Waals surface area contributed by atoms with Crippen molar-refractivity contribution in [2.24, 2.45) is 34.5 Å². The smallest absolute Gasteiger partial charge is 0.331 e. The second kappa shape index (κ2) is 6.18. The van der Waals surface area contributed by atoms with Crippen LogP contribution in [-0.4, -0.2) is 35.5 Å². The molecule has 7 atom stereocenters. The normalized spacial score (nSPS) is 48.9. The molecule has 0 radical (unpaired) electrons. The number of carbonyl (C=O) groups is 1. The van der Waals surface area contributed by atoms with Gasteiger partial charge in [-0.3, -0.25) is 0 Å². The lowest BCUT2D eigenvalue weighted by Crippen LogP contribution is -2.55. The van der Waals surface area contributed by atoms with Crippen LogP contribution >= 0.6 is 0 Å². The molecule has 4 aliphatic carbocycles. The highest BCUT2D eigenvalue weighted by Crippen LogP contribution is 2.66. The molecule has 0 unspecified atom stereocenters. The van der Waals surface area contributed by atoms with Crippen molar-refractivity contribution in [2.75, 3.05) is 13.2 Å². The highest BCUT2D eigenvalue weighted by Gasteiger charge is 2.59. The first-order valence-electron chi connectivity index (χ1n) is 10.8. The van der Waals surface area contributed by atoms with Gasteiger partial charge < -0.3 is 14.9 Å². The van der Waals surface area contributed by atoms with Crippen LogP contribution in [0.3, 0.4) is 0 Å². The Morgan fingerprint density at radius 2 is 2.07 bits per heavy atom. The lowest BCUT2D eigenvalue weighted by atomic mass is 9.45. The molecule has 4 heteroatoms. The van der Waals surface area contributed by atoms with Gasteiger partial charge in [-0.05, 0) is 91.4 Å². The molecule has 0 spiro atoms. The van der Waals surface area contributed by atoms with Gasteiger partial charge in [0.1, 0.15) is 6.61 Å². The zero-order valence-corrected chi connectivity index (χ0v) is 16.3. The predicted molar refractivity (Wildman–Crippen MR) is 102 cm³/mol. The first-order chi connectivity index (χ1) is 13.0. The number of rotatable bonds is 2. The fourth-order valence-electron chi connectivity index (χ4n) is 7.82. The summed E-state index contributed by atoms with van der Waals surface area (Å²) in [4.78, 5) is 11.6. The average Bonchev–Trinajstić information content (AvgIpc) is 3.23. The minimum Gasteiger partial charge on any atom is -0.458 e. The molecule has 3 saturated carbocycles. The number of aliphatic hydroxyl groups excluding tert-OH is 2. The molecule has 27 heavy (non-hydrogen) atoms. The van der Waals surface area contributed by atoms with E-state index in [2.05, 4.69) is 13.0 Å². The van der Waals surface area contributed by atoms with E-state index in [0.29, 0.717) is 30.3 Å². The minimum absolute atomic E-state index is 0.00804. The molecule has 3 fully saturated rings. The Morgan fingerprint density at radius 3 is 2.81 bits per heavy atom. The highest BCUT2D eigenvalue weighted by molar-refractivity contribution is 5.85. The van der Waals surface area contributed by atoms with E-state index in [1.165, 1.54) is 12.0 Å². The molecule has 1 aliphatic heterocycles. The van der Waals surface area contributed by atoms with Crippen molar-refractivity contribution in [3.63, 3.8) is 0 Å². The van der Waals surface area contributed by atoms with Crippen LogP contribution in [0.2, 0.25) is 0 Å². The molecule has 5 aliphatic rings. The van der Waals surface area contributed by atoms with Crippen LogP contribution < -0.4 is 0 Å². The third-order valence-corrected chi connectivity index (χ3v) is 9.17. The van der Waals surface area contributed by atoms with Crippen LogP contribution in [0.25, 0.3) is 0 Å². The van der Waals surface area contributed by atoms with Crippen molar-refractivity contribution in [3.05, 3.63) is 23.3 Å². The zero-order valence-electron chi connectivity index (χ0n) is 16.3. The molecular weight excluding hydrogens is 340 g/mol. The van der Waals surface area contributed by atoms with E-state index < -0.39 is 0 Å². The van der Waals surface area contributed by atoms with Crippen molar-refractivity contribution < 1.29 is 19.7 Å². The summed E-state index contributed by atoms with van der Waals surface area (Å²) in [6.45, 7) is 3.14. The molecule has 148 valence electrons. The molecule has 0 aromatic rings. The van der Waals surface area contributed by atoms with Gasteiger partial charge in [-0.2, -0.15) is 0 Å². The molecule has 5 rings (SSSR count). The van der Waals surface area contributed by atoms with Crippen LogP contribution in [-0.2, 0) is 9.53 Å². The van der Waals surface area contributed by atoms with Gasteiger partial charge in [0.2, 0.25) is 0 Å². The summed E-state index contributed by atoms with van der Waals surface area (Å²) >= 11 is 0. The average molecular weight is 373 g/mol. The number of carbonyl (C=O) groups excluding carboxylic acids is 1. The summed E-state index contributed by atoms with van der Waals surface area (Å²) in [6.07, 6.45) is 12.3. The SMILES string of the molecule is C[C@@]12CC[C@H]3[C@H](CC[C@H]4C[C@@H](O)CC[C@@]43CO)C1=CC[C@@H]2C1=CC(=O)OC1. The molecule has 0 aromatic carbocycles. The first-order valence-corrected chi connectivity index (χ1v) is 10.8. The molecule has 4 nitrogen and oxygen atoms in total. The molecule has 1 heterocycles. The van der Waals surface area contributed by atoms with Gasteiger partial charge in [-0.25, -0.2) is 4.79 Å². The largest absolute Gasteiger partial charge is 0.458 e. The zero-order chi connectivity index (χ0) is 18.8. The Balaban J connectivity index is 1.45. The Labute approximate surface area is 161 Å². The summed E-state index contributed by atoms with van der Waals surface area (Å²) in [5, 5.41) is 20.7. The summed E-state index contributed by atoms with van der Waals surface area (Å²) < 4.78 is 5.21. The molecule has 0 amide bonds. The van der Waals surface area contributed by atoms with E-state index in [-0.39, 0.29) is 29.5 Å². The monoisotopic (exact) mass is 372 g/mol. The Hall–Kier alpha value is -1.13. The van der Waals surface area contributed by atoms with Gasteiger partial charge in [0.15, 0.2) is 0 Å². The third kappa shape index (κ3) is 2.45. The number of hydrogen-bond acceptors (Lipinski definition) is 4. The Kier molecular flexibility index (Phi) is 4.11. The molecular formula is C23H32O4. The van der Waals surface area contributed by atoms with Crippen LogP contribution in [0.1, 0.15) is 58.3 Å². The Bertz CT molecular complexity index is 709. The summed E-state index contributed by atoms with van der Waals surface area (Å²) in [5.74, 6) is 1.79. The summed E-state index contributed by atoms with van der Waals surface area (Å²) in [5.41, 5.74) is 2.92. The topological polar surface area (TPSA) is 66.8 Å². The van der Waals surface area contributed by atoms with Gasteiger partial charge in [-0.15, -0.1) is 0 Å². The number of esters is 1. The van der Waals surface area contributed by atoms with E-state index in [1.807, 2.05) is 0 Å². The van der Waals surface area contributed by atoms with E-state index in [1.54, 1.807) is 11.6 Å². The van der Waals surface area contributed by atoms with Gasteiger partial charge >= 0.3 is 5.97 Å². The first kappa shape index (κ1) is 17.9. The van der Waals surface area contributed by atoms with Crippen LogP contribution in [0, 0.1) is 34.5 Å². The standard InChI is InChI=1S/C23H32O4/c1-22-8-7-20-17(3-2-15-11-16(25)6-9-23(15,20)13-24)19(22)5-4-18(22)14-10-21(26)27-12-14/h5,10,15-18,20,24-25H,2-4,6-9,11-13H2,1H3/t15-,16-,17+,18+,20-,22-,23+/m0/s1. The number of fused-ring (bicyclic) bond motifs is 5. The van der Waals surface area contributed by atoms with Gasteiger partial charge in [0.25, 0.3) is 0 Å². The van der Waals surface area contributed by atoms with E-state index in [0.717, 1.165) is 44.9 Å². The molecule has 0 bridgehead atoms. The molecule has 0 saturated heterocycles. The lowest BCUT2D eigenvalue weighted by Gasteiger charge is -2.60. The number of ether oxygens (including phenoxy) is 1. The maximum atomic E-state index is 11.6. The predicted octanol–water partition coefficient (Wildman–Crippen LogP) is 3.38. The van der Waals surface area contributed by atoms with Crippen molar-refractivity contribution in [3.8, 4) is 0 Å². The molecule has 2 N–H and O–H groups in total. The number of aliphatic hydroxyl groups is 2. The summed E-state index contributed by atoms with van der Waals surface area (Å²) in [6, 6.07) is 0. The number of hydrogen-bond donors (Lipinski definition) is 2. The van der Waals surface area contributed by atoms with Gasteiger partial charge in [0, 0.05) is 12.7 Å². The van der Waals surface area contributed by atoms with E-state index >= 15 is 0 Å². The second-order valence-corrected chi connectivity index (χ2v) is 10.0. The fourth-order valence-corrected chi connectivity index (χ4v) is 7.82. The van der Waals surface area contributed by atoms with Crippen LogP contribution in [0.4, 0.5) is 0 Å². The molecule has 0 aromatic heterocycles. The Morgan fingerprint density at radius 1 is 1.22 bits per heavy atom. The highest BCUT2D eigenvalue weighted by atomic mass is 16.5. The van der Waals surface area contributed by atoms with E-state index in [4.69, 9.17) is 4.74 Å². The number of cyclic esters (lactones) is 1. The van der Waals surface area contributed by atoms with Gasteiger partial charge in [-0.1, -0.05) is 18.6 Å². The number of allylic oxidation sites excluding steroid dienone is 2. The maximum absolute atomic E-state index is 11.6. The van der Waals surface area contributed by atoms with Crippen LogP contribution in [0.15, 0.2) is 23.3 Å². The van der Waals surface area contributed by atoms with Crippen LogP contribution in [0.5, 0.6) is 0 Å². The van der Waals surface area contributed by atoms with Crippen molar-refractivity contribution in [2.45, 2.75) is 64.4 Å². The van der Waals surface area contributed by atoms with Crippen molar-refractivity contribution in [1.82, 2.24) is 0 Å². The van der Waals surface area contributed by atoms with Crippen molar-refractivity contribution >= 4 is 5.97 Å².